The van der Waals surface area contributed by atoms with Gasteiger partial charge in [0.1, 0.15) is 23.1 Å². The number of rotatable bonds is 6. The number of carbonyl (C=O) groups is 1. The summed E-state index contributed by atoms with van der Waals surface area (Å²) < 4.78 is 27.4. The van der Waals surface area contributed by atoms with Gasteiger partial charge < -0.3 is 10.6 Å². The van der Waals surface area contributed by atoms with Crippen molar-refractivity contribution in [1.29, 1.82) is 0 Å². The lowest BCUT2D eigenvalue weighted by Gasteiger charge is -2.13. The first-order chi connectivity index (χ1) is 12.6. The summed E-state index contributed by atoms with van der Waals surface area (Å²) in [6.07, 6.45) is 9.22. The molecule has 1 aromatic carbocycles. The van der Waals surface area contributed by atoms with Gasteiger partial charge in [-0.05, 0) is 56.4 Å². The Morgan fingerprint density at radius 2 is 1.96 bits per heavy atom. The number of carbonyl (C=O) groups excluding carboxylic acids is 1. The highest BCUT2D eigenvalue weighted by Crippen LogP contribution is 2.22. The van der Waals surface area contributed by atoms with E-state index in [1.165, 1.54) is 36.7 Å². The van der Waals surface area contributed by atoms with E-state index in [0.717, 1.165) is 31.4 Å². The molecule has 4 nitrogen and oxygen atoms in total. The molecule has 2 N–H and O–H groups in total. The van der Waals surface area contributed by atoms with Crippen LogP contribution in [0, 0.1) is 11.6 Å². The maximum atomic E-state index is 13.7. The lowest BCUT2D eigenvalue weighted by molar-refractivity contribution is 0.0954. The first-order valence-electron chi connectivity index (χ1n) is 8.76. The van der Waals surface area contributed by atoms with Crippen molar-refractivity contribution in [3.8, 4) is 0 Å². The number of halogens is 2. The van der Waals surface area contributed by atoms with Crippen LogP contribution < -0.4 is 10.6 Å². The zero-order chi connectivity index (χ0) is 18.4. The first kappa shape index (κ1) is 18.0. The van der Waals surface area contributed by atoms with Gasteiger partial charge >= 0.3 is 0 Å². The number of aromatic nitrogens is 1. The van der Waals surface area contributed by atoms with Crippen molar-refractivity contribution in [3.63, 3.8) is 0 Å². The Balaban J connectivity index is 1.61. The minimum absolute atomic E-state index is 0.205. The normalized spacial score (nSPS) is 13.8. The van der Waals surface area contributed by atoms with E-state index in [2.05, 4.69) is 21.7 Å². The number of nitrogens with zero attached hydrogens (tertiary/aromatic N) is 1. The van der Waals surface area contributed by atoms with Crippen LogP contribution in [0.4, 0.5) is 20.3 Å². The van der Waals surface area contributed by atoms with Crippen molar-refractivity contribution < 1.29 is 13.6 Å². The second-order valence-corrected chi connectivity index (χ2v) is 6.27. The van der Waals surface area contributed by atoms with Gasteiger partial charge in [-0.1, -0.05) is 17.7 Å². The molecule has 0 radical (unpaired) electrons. The zero-order valence-corrected chi connectivity index (χ0v) is 14.4. The fourth-order valence-electron chi connectivity index (χ4n) is 2.96. The highest BCUT2D eigenvalue weighted by Gasteiger charge is 2.12. The van der Waals surface area contributed by atoms with E-state index in [1.54, 1.807) is 6.07 Å². The molecule has 136 valence electrons. The summed E-state index contributed by atoms with van der Waals surface area (Å²) in [5.74, 6) is -1.47. The molecule has 6 heteroatoms. The summed E-state index contributed by atoms with van der Waals surface area (Å²) in [6.45, 7) is 0.567. The topological polar surface area (TPSA) is 54.0 Å². The summed E-state index contributed by atoms with van der Waals surface area (Å²) in [5, 5.41) is 5.47. The predicted molar refractivity (Wildman–Crippen MR) is 97.4 cm³/mol. The van der Waals surface area contributed by atoms with E-state index in [9.17, 15) is 13.6 Å². The second-order valence-electron chi connectivity index (χ2n) is 6.27. The molecule has 0 unspecified atom stereocenters. The highest BCUT2D eigenvalue weighted by atomic mass is 19.1. The quantitative estimate of drug-likeness (QED) is 0.735. The predicted octanol–water partition coefficient (Wildman–Crippen LogP) is 4.72. The summed E-state index contributed by atoms with van der Waals surface area (Å²) in [7, 11) is 0. The fraction of sp³-hybridized carbons (Fsp3) is 0.300. The Labute approximate surface area is 151 Å². The minimum atomic E-state index is -0.720. The van der Waals surface area contributed by atoms with E-state index in [0.29, 0.717) is 12.1 Å². The van der Waals surface area contributed by atoms with E-state index >= 15 is 0 Å². The van der Waals surface area contributed by atoms with Gasteiger partial charge in [0.25, 0.3) is 5.91 Å². The molecule has 0 fully saturated rings. The average Bonchev–Trinajstić information content (AvgIpc) is 2.66. The molecule has 0 saturated heterocycles. The van der Waals surface area contributed by atoms with Crippen molar-refractivity contribution in [2.75, 3.05) is 11.9 Å². The van der Waals surface area contributed by atoms with Crippen LogP contribution in [0.3, 0.4) is 0 Å². The molecule has 1 aliphatic carbocycles. The van der Waals surface area contributed by atoms with Crippen LogP contribution in [-0.4, -0.2) is 17.4 Å². The molecule has 0 spiro atoms. The number of nitrogens with one attached hydrogen (secondary N) is 2. The van der Waals surface area contributed by atoms with Gasteiger partial charge in [-0.15, -0.1) is 0 Å². The standard InChI is InChI=1S/C20H21F2N3O/c21-16-7-4-8-17(22)19(16)25-18-13-15(10-12-23-18)20(26)24-11-9-14-5-2-1-3-6-14/h4-5,7-8,10,12-13H,1-3,6,9,11H2,(H,23,25)(H,24,26). The molecular weight excluding hydrogens is 336 g/mol. The molecule has 0 saturated carbocycles. The lowest BCUT2D eigenvalue weighted by Crippen LogP contribution is -2.25. The van der Waals surface area contributed by atoms with Crippen molar-refractivity contribution in [2.45, 2.75) is 32.1 Å². The van der Waals surface area contributed by atoms with Crippen LogP contribution in [0.25, 0.3) is 0 Å². The highest BCUT2D eigenvalue weighted by molar-refractivity contribution is 5.94. The molecular formula is C20H21F2N3O. The number of allylic oxidation sites excluding steroid dienone is 1. The molecule has 1 aromatic heterocycles. The van der Waals surface area contributed by atoms with Gasteiger partial charge in [-0.2, -0.15) is 0 Å². The van der Waals surface area contributed by atoms with E-state index in [1.807, 2.05) is 0 Å². The van der Waals surface area contributed by atoms with Gasteiger partial charge in [0.15, 0.2) is 0 Å². The summed E-state index contributed by atoms with van der Waals surface area (Å²) >= 11 is 0. The Bertz CT molecular complexity index is 800. The number of hydrogen-bond donors (Lipinski definition) is 2. The molecule has 0 aliphatic heterocycles. The number of benzene rings is 1. The largest absolute Gasteiger partial charge is 0.352 e. The zero-order valence-electron chi connectivity index (χ0n) is 14.4. The van der Waals surface area contributed by atoms with E-state index in [-0.39, 0.29) is 17.4 Å². The van der Waals surface area contributed by atoms with Gasteiger partial charge in [-0.3, -0.25) is 4.79 Å². The monoisotopic (exact) mass is 357 g/mol. The van der Waals surface area contributed by atoms with Crippen LogP contribution in [-0.2, 0) is 0 Å². The second kappa shape index (κ2) is 8.56. The molecule has 1 heterocycles. The van der Waals surface area contributed by atoms with Crippen LogP contribution in [0.15, 0.2) is 48.2 Å². The van der Waals surface area contributed by atoms with Crippen molar-refractivity contribution in [2.24, 2.45) is 0 Å². The third-order valence-corrected chi connectivity index (χ3v) is 4.35. The van der Waals surface area contributed by atoms with Gasteiger partial charge in [0, 0.05) is 18.3 Å². The maximum absolute atomic E-state index is 13.7. The Morgan fingerprint density at radius 1 is 1.15 bits per heavy atom. The van der Waals surface area contributed by atoms with E-state index < -0.39 is 11.6 Å². The minimum Gasteiger partial charge on any atom is -0.352 e. The third kappa shape index (κ3) is 4.65. The third-order valence-electron chi connectivity index (χ3n) is 4.35. The molecule has 1 aliphatic rings. The van der Waals surface area contributed by atoms with Crippen LogP contribution >= 0.6 is 0 Å². The van der Waals surface area contributed by atoms with Crippen molar-refractivity contribution >= 4 is 17.4 Å². The average molecular weight is 357 g/mol. The number of para-hydroxylation sites is 1. The molecule has 0 bridgehead atoms. The number of anilines is 2. The van der Waals surface area contributed by atoms with Crippen LogP contribution in [0.5, 0.6) is 0 Å². The number of amides is 1. The number of hydrogen-bond acceptors (Lipinski definition) is 3. The van der Waals surface area contributed by atoms with Crippen molar-refractivity contribution in [3.05, 3.63) is 65.4 Å². The SMILES string of the molecule is O=C(NCCC1=CCCCC1)c1ccnc(Nc2c(F)cccc2F)c1. The number of pyridine rings is 1. The fourth-order valence-corrected chi connectivity index (χ4v) is 2.96. The van der Waals surface area contributed by atoms with Crippen LogP contribution in [0.1, 0.15) is 42.5 Å². The maximum Gasteiger partial charge on any atom is 0.251 e. The molecule has 0 atom stereocenters. The molecule has 1 amide bonds. The summed E-state index contributed by atoms with van der Waals surface area (Å²) in [6, 6.07) is 6.64. The molecule has 3 rings (SSSR count). The Kier molecular flexibility index (Phi) is 5.94. The van der Waals surface area contributed by atoms with E-state index in [4.69, 9.17) is 0 Å². The first-order valence-corrected chi connectivity index (χ1v) is 8.76. The lowest BCUT2D eigenvalue weighted by atomic mass is 9.97. The molecule has 26 heavy (non-hydrogen) atoms. The summed E-state index contributed by atoms with van der Waals surface area (Å²) in [4.78, 5) is 16.3. The van der Waals surface area contributed by atoms with Gasteiger partial charge in [0.2, 0.25) is 0 Å². The Hall–Kier alpha value is -2.76. The smallest absolute Gasteiger partial charge is 0.251 e. The summed E-state index contributed by atoms with van der Waals surface area (Å²) in [5.41, 5.74) is 1.49. The van der Waals surface area contributed by atoms with Crippen molar-refractivity contribution in [1.82, 2.24) is 10.3 Å². The molecule has 2 aromatic rings. The van der Waals surface area contributed by atoms with Gasteiger partial charge in [0.05, 0.1) is 0 Å². The van der Waals surface area contributed by atoms with Gasteiger partial charge in [-0.25, -0.2) is 13.8 Å². The Morgan fingerprint density at radius 3 is 2.69 bits per heavy atom. The van der Waals surface area contributed by atoms with Crippen LogP contribution in [0.2, 0.25) is 0 Å².